The van der Waals surface area contributed by atoms with Gasteiger partial charge in [0.2, 0.25) is 0 Å². The Hall–Kier alpha value is -1.75. The van der Waals surface area contributed by atoms with Gasteiger partial charge in [-0.25, -0.2) is 0 Å². The summed E-state index contributed by atoms with van der Waals surface area (Å²) in [4.78, 5) is 0. The average Bonchev–Trinajstić information content (AvgIpc) is 3.07. The van der Waals surface area contributed by atoms with Crippen molar-refractivity contribution < 1.29 is 9.15 Å². The SMILES string of the molecule is COc1ccc(CNCc2ccc(-c3ccc(Br)c(C)c3)o2)cc1.Cl. The van der Waals surface area contributed by atoms with Crippen LogP contribution < -0.4 is 10.1 Å². The predicted octanol–water partition coefficient (Wildman–Crippen LogP) is 5.74. The van der Waals surface area contributed by atoms with Crippen LogP contribution in [0.15, 0.2) is 63.5 Å². The minimum absolute atomic E-state index is 0. The van der Waals surface area contributed by atoms with E-state index in [1.807, 2.05) is 24.3 Å². The van der Waals surface area contributed by atoms with Crippen LogP contribution in [0.3, 0.4) is 0 Å². The summed E-state index contributed by atoms with van der Waals surface area (Å²) in [6, 6.07) is 18.3. The highest BCUT2D eigenvalue weighted by Crippen LogP contribution is 2.26. The van der Waals surface area contributed by atoms with E-state index in [0.717, 1.165) is 33.9 Å². The molecule has 0 amide bonds. The maximum absolute atomic E-state index is 5.94. The maximum Gasteiger partial charge on any atom is 0.134 e. The Morgan fingerprint density at radius 2 is 1.76 bits per heavy atom. The molecule has 3 nitrogen and oxygen atoms in total. The first-order valence-corrected chi connectivity index (χ1v) is 8.64. The van der Waals surface area contributed by atoms with Crippen LogP contribution in [-0.4, -0.2) is 7.11 Å². The largest absolute Gasteiger partial charge is 0.497 e. The topological polar surface area (TPSA) is 34.4 Å². The number of ether oxygens (including phenoxy) is 1. The third-order valence-corrected chi connectivity index (χ3v) is 4.78. The van der Waals surface area contributed by atoms with Crippen molar-refractivity contribution >= 4 is 28.3 Å². The standard InChI is InChI=1S/C20H20BrNO2.ClH/c1-14-11-16(5-9-19(14)21)20-10-8-18(24-20)13-22-12-15-3-6-17(23-2)7-4-15;/h3-11,22H,12-13H2,1-2H3;1H. The summed E-state index contributed by atoms with van der Waals surface area (Å²) in [6.45, 7) is 3.56. The second-order valence-corrected chi connectivity index (χ2v) is 6.54. The number of nitrogens with one attached hydrogen (secondary N) is 1. The fourth-order valence-electron chi connectivity index (χ4n) is 2.50. The molecule has 1 heterocycles. The molecule has 2 aromatic carbocycles. The molecule has 5 heteroatoms. The van der Waals surface area contributed by atoms with Crippen LogP contribution in [0.2, 0.25) is 0 Å². The molecule has 3 aromatic rings. The zero-order valence-corrected chi connectivity index (χ0v) is 16.6. The second-order valence-electron chi connectivity index (χ2n) is 5.68. The van der Waals surface area contributed by atoms with E-state index in [4.69, 9.17) is 9.15 Å². The minimum Gasteiger partial charge on any atom is -0.497 e. The number of benzene rings is 2. The number of rotatable bonds is 6. The first kappa shape index (κ1) is 19.6. The van der Waals surface area contributed by atoms with Gasteiger partial charge in [-0.15, -0.1) is 12.4 Å². The van der Waals surface area contributed by atoms with Crippen LogP contribution in [0.1, 0.15) is 16.9 Å². The molecule has 1 aromatic heterocycles. The quantitative estimate of drug-likeness (QED) is 0.550. The van der Waals surface area contributed by atoms with Crippen LogP contribution in [-0.2, 0) is 13.1 Å². The van der Waals surface area contributed by atoms with Gasteiger partial charge in [-0.3, -0.25) is 0 Å². The molecule has 0 aliphatic rings. The molecule has 3 rings (SSSR count). The summed E-state index contributed by atoms with van der Waals surface area (Å²) in [5, 5.41) is 3.40. The molecule has 0 aliphatic carbocycles. The summed E-state index contributed by atoms with van der Waals surface area (Å²) in [7, 11) is 1.68. The van der Waals surface area contributed by atoms with Crippen molar-refractivity contribution in [1.82, 2.24) is 5.32 Å². The Morgan fingerprint density at radius 3 is 2.44 bits per heavy atom. The average molecular weight is 423 g/mol. The molecular weight excluding hydrogens is 402 g/mol. The van der Waals surface area contributed by atoms with E-state index in [9.17, 15) is 0 Å². The highest BCUT2D eigenvalue weighted by atomic mass is 79.9. The highest BCUT2D eigenvalue weighted by Gasteiger charge is 2.06. The van der Waals surface area contributed by atoms with Gasteiger partial charge in [0.25, 0.3) is 0 Å². The summed E-state index contributed by atoms with van der Waals surface area (Å²) in [6.07, 6.45) is 0. The Bertz CT molecular complexity index is 815. The number of aryl methyl sites for hydroxylation is 1. The molecule has 1 N–H and O–H groups in total. The predicted molar refractivity (Wildman–Crippen MR) is 107 cm³/mol. The fourth-order valence-corrected chi connectivity index (χ4v) is 2.75. The van der Waals surface area contributed by atoms with Gasteiger partial charge < -0.3 is 14.5 Å². The van der Waals surface area contributed by atoms with Gasteiger partial charge in [0.15, 0.2) is 0 Å². The van der Waals surface area contributed by atoms with Crippen LogP contribution >= 0.6 is 28.3 Å². The van der Waals surface area contributed by atoms with Crippen LogP contribution in [0.25, 0.3) is 11.3 Å². The number of hydrogen-bond acceptors (Lipinski definition) is 3. The van der Waals surface area contributed by atoms with Gasteiger partial charge >= 0.3 is 0 Å². The number of methoxy groups -OCH3 is 1. The van der Waals surface area contributed by atoms with Crippen LogP contribution in [0.5, 0.6) is 5.75 Å². The Labute approximate surface area is 162 Å². The van der Waals surface area contributed by atoms with Gasteiger partial charge in [-0.2, -0.15) is 0 Å². The van der Waals surface area contributed by atoms with Crippen molar-refractivity contribution in [2.45, 2.75) is 20.0 Å². The first-order valence-electron chi connectivity index (χ1n) is 7.84. The van der Waals surface area contributed by atoms with Crippen molar-refractivity contribution in [3.63, 3.8) is 0 Å². The van der Waals surface area contributed by atoms with Gasteiger partial charge in [0.05, 0.1) is 13.7 Å². The maximum atomic E-state index is 5.94. The molecular formula is C20H21BrClNO2. The Morgan fingerprint density at radius 1 is 1.00 bits per heavy atom. The normalized spacial score (nSPS) is 10.4. The summed E-state index contributed by atoms with van der Waals surface area (Å²) in [5.74, 6) is 2.70. The van der Waals surface area contributed by atoms with E-state index < -0.39 is 0 Å². The second kappa shape index (κ2) is 9.09. The van der Waals surface area contributed by atoms with E-state index in [1.54, 1.807) is 7.11 Å². The van der Waals surface area contributed by atoms with Crippen molar-refractivity contribution in [3.05, 3.63) is 76.0 Å². The summed E-state index contributed by atoms with van der Waals surface area (Å²) < 4.78 is 12.2. The zero-order chi connectivity index (χ0) is 16.9. The van der Waals surface area contributed by atoms with Crippen LogP contribution in [0, 0.1) is 6.92 Å². The lowest BCUT2D eigenvalue weighted by molar-refractivity contribution is 0.414. The molecule has 0 saturated carbocycles. The molecule has 0 aliphatic heterocycles. The van der Waals surface area contributed by atoms with Crippen LogP contribution in [0.4, 0.5) is 0 Å². The molecule has 0 spiro atoms. The number of hydrogen-bond donors (Lipinski definition) is 1. The molecule has 0 saturated heterocycles. The monoisotopic (exact) mass is 421 g/mol. The van der Waals surface area contributed by atoms with Gasteiger partial charge in [-0.1, -0.05) is 34.1 Å². The highest BCUT2D eigenvalue weighted by molar-refractivity contribution is 9.10. The molecule has 25 heavy (non-hydrogen) atoms. The van der Waals surface area contributed by atoms with E-state index in [-0.39, 0.29) is 12.4 Å². The molecule has 132 valence electrons. The lowest BCUT2D eigenvalue weighted by Crippen LogP contribution is -2.11. The smallest absolute Gasteiger partial charge is 0.134 e. The number of furan rings is 1. The minimum atomic E-state index is 0. The molecule has 0 atom stereocenters. The third kappa shape index (κ3) is 5.11. The molecule has 0 bridgehead atoms. The van der Waals surface area contributed by atoms with E-state index >= 15 is 0 Å². The van der Waals surface area contributed by atoms with Gasteiger partial charge in [0, 0.05) is 16.6 Å². The fraction of sp³-hybridized carbons (Fsp3) is 0.200. The van der Waals surface area contributed by atoms with E-state index in [0.29, 0.717) is 6.54 Å². The lowest BCUT2D eigenvalue weighted by atomic mass is 10.1. The zero-order valence-electron chi connectivity index (χ0n) is 14.2. The molecule has 0 unspecified atom stereocenters. The van der Waals surface area contributed by atoms with Crippen molar-refractivity contribution in [2.75, 3.05) is 7.11 Å². The lowest BCUT2D eigenvalue weighted by Gasteiger charge is -2.05. The first-order chi connectivity index (χ1) is 11.7. The van der Waals surface area contributed by atoms with Gasteiger partial charge in [0.1, 0.15) is 17.3 Å². The van der Waals surface area contributed by atoms with Crippen molar-refractivity contribution in [2.24, 2.45) is 0 Å². The van der Waals surface area contributed by atoms with Gasteiger partial charge in [-0.05, 0) is 54.4 Å². The summed E-state index contributed by atoms with van der Waals surface area (Å²) in [5.41, 5.74) is 3.51. The molecule has 0 radical (unpaired) electrons. The van der Waals surface area contributed by atoms with E-state index in [2.05, 4.69) is 58.5 Å². The van der Waals surface area contributed by atoms with Crippen molar-refractivity contribution in [1.29, 1.82) is 0 Å². The summed E-state index contributed by atoms with van der Waals surface area (Å²) >= 11 is 3.52. The Kier molecular flexibility index (Phi) is 7.12. The Balaban J connectivity index is 0.00000225. The third-order valence-electron chi connectivity index (χ3n) is 3.89. The van der Waals surface area contributed by atoms with Crippen molar-refractivity contribution in [3.8, 4) is 17.1 Å². The number of halogens is 2. The molecule has 0 fully saturated rings. The van der Waals surface area contributed by atoms with E-state index in [1.165, 1.54) is 11.1 Å².